The van der Waals surface area contributed by atoms with E-state index in [-0.39, 0.29) is 6.54 Å². The Hall–Kier alpha value is -2.70. The zero-order valence-electron chi connectivity index (χ0n) is 12.5. The fourth-order valence-electron chi connectivity index (χ4n) is 2.58. The summed E-state index contributed by atoms with van der Waals surface area (Å²) in [5, 5.41) is 10.6. The quantitative estimate of drug-likeness (QED) is 0.559. The number of nitrogens with zero attached hydrogens (tertiary/aromatic N) is 2. The Morgan fingerprint density at radius 3 is 2.00 bits per heavy atom. The van der Waals surface area contributed by atoms with E-state index in [0.717, 1.165) is 27.2 Å². The highest BCUT2D eigenvalue weighted by atomic mass is 16.4. The number of carbonyl (C=O) groups excluding carboxylic acids is 4. The molecule has 0 bridgehead atoms. The van der Waals surface area contributed by atoms with Crippen molar-refractivity contribution < 1.29 is 24.3 Å². The Morgan fingerprint density at radius 1 is 1.00 bits per heavy atom. The number of urea groups is 1. The van der Waals surface area contributed by atoms with Gasteiger partial charge in [0.05, 0.1) is 19.1 Å². The van der Waals surface area contributed by atoms with Gasteiger partial charge in [0, 0.05) is 0 Å². The normalized spacial score (nSPS) is 15.0. The summed E-state index contributed by atoms with van der Waals surface area (Å²) >= 11 is 0. The van der Waals surface area contributed by atoms with Crippen LogP contribution in [0.2, 0.25) is 0 Å². The van der Waals surface area contributed by atoms with Crippen molar-refractivity contribution in [1.82, 2.24) is 9.80 Å². The molecule has 1 aromatic rings. The highest BCUT2D eigenvalue weighted by Gasteiger charge is 2.44. The van der Waals surface area contributed by atoms with Crippen LogP contribution >= 0.6 is 0 Å². The molecule has 1 saturated heterocycles. The van der Waals surface area contributed by atoms with E-state index in [4.69, 9.17) is 0 Å². The maximum absolute atomic E-state index is 12.1. The van der Waals surface area contributed by atoms with Gasteiger partial charge in [-0.05, 0) is 37.5 Å². The van der Waals surface area contributed by atoms with Crippen LogP contribution in [0.15, 0.2) is 12.1 Å². The van der Waals surface area contributed by atoms with Crippen LogP contribution in [0.25, 0.3) is 0 Å². The number of benzene rings is 1. The van der Waals surface area contributed by atoms with Crippen molar-refractivity contribution in [3.05, 3.63) is 34.4 Å². The lowest BCUT2D eigenvalue weighted by Gasteiger charge is -2.18. The minimum atomic E-state index is -1.60. The first kappa shape index (κ1) is 15.7. The molecule has 0 aliphatic carbocycles. The number of amides is 4. The minimum absolute atomic E-state index is 0.0646. The lowest BCUT2D eigenvalue weighted by molar-refractivity contribution is -0.305. The molecule has 116 valence electrons. The van der Waals surface area contributed by atoms with Gasteiger partial charge in [0.15, 0.2) is 0 Å². The summed E-state index contributed by atoms with van der Waals surface area (Å²) < 4.78 is 0. The van der Waals surface area contributed by atoms with E-state index in [2.05, 4.69) is 0 Å². The SMILES string of the molecule is Cc1cc(C)c(CN2C(=O)C(=O)N(CC(=O)[O-])C2=O)c(C)c1. The zero-order valence-corrected chi connectivity index (χ0v) is 12.5. The maximum atomic E-state index is 12.1. The van der Waals surface area contributed by atoms with Crippen LogP contribution in [-0.2, 0) is 20.9 Å². The summed E-state index contributed by atoms with van der Waals surface area (Å²) in [6, 6.07) is 2.89. The number of carboxylic acid groups (broad SMARTS) is 1. The van der Waals surface area contributed by atoms with Gasteiger partial charge in [-0.2, -0.15) is 0 Å². The third-order valence-corrected chi connectivity index (χ3v) is 3.58. The molecule has 0 atom stereocenters. The van der Waals surface area contributed by atoms with E-state index in [0.29, 0.717) is 4.90 Å². The second-order valence-corrected chi connectivity index (χ2v) is 5.31. The van der Waals surface area contributed by atoms with Crippen molar-refractivity contribution in [3.63, 3.8) is 0 Å². The molecule has 1 fully saturated rings. The second kappa shape index (κ2) is 5.59. The Labute approximate surface area is 127 Å². The third kappa shape index (κ3) is 2.69. The number of aryl methyl sites for hydroxylation is 3. The highest BCUT2D eigenvalue weighted by Crippen LogP contribution is 2.21. The second-order valence-electron chi connectivity index (χ2n) is 5.31. The predicted molar refractivity (Wildman–Crippen MR) is 73.3 cm³/mol. The average molecular weight is 303 g/mol. The molecule has 1 aliphatic rings. The largest absolute Gasteiger partial charge is 0.548 e. The molecule has 22 heavy (non-hydrogen) atoms. The maximum Gasteiger partial charge on any atom is 0.334 e. The van der Waals surface area contributed by atoms with Crippen LogP contribution in [-0.4, -0.2) is 40.2 Å². The molecule has 0 aromatic heterocycles. The van der Waals surface area contributed by atoms with Crippen molar-refractivity contribution in [3.8, 4) is 0 Å². The Morgan fingerprint density at radius 2 is 1.50 bits per heavy atom. The Balaban J connectivity index is 2.31. The van der Waals surface area contributed by atoms with Crippen LogP contribution in [0.3, 0.4) is 0 Å². The van der Waals surface area contributed by atoms with Gasteiger partial charge in [-0.1, -0.05) is 17.7 Å². The van der Waals surface area contributed by atoms with E-state index in [1.807, 2.05) is 32.9 Å². The van der Waals surface area contributed by atoms with Crippen LogP contribution in [0.4, 0.5) is 4.79 Å². The molecule has 0 saturated carbocycles. The van der Waals surface area contributed by atoms with Crippen molar-refractivity contribution in [1.29, 1.82) is 0 Å². The highest BCUT2D eigenvalue weighted by molar-refractivity contribution is 6.44. The van der Waals surface area contributed by atoms with Gasteiger partial charge in [-0.15, -0.1) is 0 Å². The molecule has 1 aromatic carbocycles. The molecule has 2 rings (SSSR count). The van der Waals surface area contributed by atoms with Gasteiger partial charge in [0.1, 0.15) is 0 Å². The van der Waals surface area contributed by atoms with E-state index in [1.54, 1.807) is 0 Å². The first-order chi connectivity index (χ1) is 10.2. The monoisotopic (exact) mass is 303 g/mol. The van der Waals surface area contributed by atoms with Gasteiger partial charge < -0.3 is 9.90 Å². The predicted octanol–water partition coefficient (Wildman–Crippen LogP) is -0.347. The zero-order chi connectivity index (χ0) is 16.6. The molecule has 7 nitrogen and oxygen atoms in total. The van der Waals surface area contributed by atoms with E-state index >= 15 is 0 Å². The Bertz CT molecular complexity index is 672. The van der Waals surface area contributed by atoms with Crippen molar-refractivity contribution in [2.45, 2.75) is 27.3 Å². The number of carbonyl (C=O) groups is 4. The molecule has 0 radical (unpaired) electrons. The summed E-state index contributed by atoms with van der Waals surface area (Å²) in [7, 11) is 0. The van der Waals surface area contributed by atoms with Gasteiger partial charge in [-0.25, -0.2) is 9.69 Å². The van der Waals surface area contributed by atoms with Crippen molar-refractivity contribution in [2.75, 3.05) is 6.54 Å². The van der Waals surface area contributed by atoms with Gasteiger partial charge in [-0.3, -0.25) is 14.5 Å². The fraction of sp³-hybridized carbons (Fsp3) is 0.333. The number of rotatable bonds is 4. The first-order valence-corrected chi connectivity index (χ1v) is 6.66. The number of imide groups is 2. The molecule has 0 spiro atoms. The van der Waals surface area contributed by atoms with E-state index < -0.39 is 30.4 Å². The van der Waals surface area contributed by atoms with Gasteiger partial charge in [0.25, 0.3) is 0 Å². The molecule has 7 heteroatoms. The minimum Gasteiger partial charge on any atom is -0.548 e. The number of hydrogen-bond donors (Lipinski definition) is 0. The van der Waals surface area contributed by atoms with Crippen molar-refractivity contribution in [2.24, 2.45) is 0 Å². The van der Waals surface area contributed by atoms with E-state index in [9.17, 15) is 24.3 Å². The summed E-state index contributed by atoms with van der Waals surface area (Å²) in [6.45, 7) is 4.64. The number of hydrogen-bond acceptors (Lipinski definition) is 5. The lowest BCUT2D eigenvalue weighted by atomic mass is 9.99. The van der Waals surface area contributed by atoms with E-state index in [1.165, 1.54) is 0 Å². The fourth-order valence-corrected chi connectivity index (χ4v) is 2.58. The van der Waals surface area contributed by atoms with Gasteiger partial charge >= 0.3 is 17.8 Å². The van der Waals surface area contributed by atoms with Crippen LogP contribution in [0, 0.1) is 20.8 Å². The van der Waals surface area contributed by atoms with Gasteiger partial charge in [0.2, 0.25) is 0 Å². The molecular weight excluding hydrogens is 288 g/mol. The summed E-state index contributed by atoms with van der Waals surface area (Å²) in [6.07, 6.45) is 0. The molecule has 4 amide bonds. The molecule has 0 unspecified atom stereocenters. The van der Waals surface area contributed by atoms with Crippen LogP contribution < -0.4 is 5.11 Å². The summed E-state index contributed by atoms with van der Waals surface area (Å²) in [4.78, 5) is 47.4. The number of aliphatic carboxylic acids is 1. The topological polar surface area (TPSA) is 97.8 Å². The van der Waals surface area contributed by atoms with Crippen molar-refractivity contribution >= 4 is 23.8 Å². The summed E-state index contributed by atoms with van der Waals surface area (Å²) in [5.41, 5.74) is 3.59. The molecule has 1 heterocycles. The Kier molecular flexibility index (Phi) is 3.99. The first-order valence-electron chi connectivity index (χ1n) is 6.66. The number of carboxylic acids is 1. The van der Waals surface area contributed by atoms with Crippen LogP contribution in [0.1, 0.15) is 22.3 Å². The average Bonchev–Trinajstić information content (AvgIpc) is 2.59. The standard InChI is InChI=1S/C15H16N2O5/c1-8-4-9(2)11(10(3)5-8)6-16-13(20)14(21)17(15(16)22)7-12(18)19/h4-5H,6-7H2,1-3H3,(H,18,19)/p-1. The lowest BCUT2D eigenvalue weighted by Crippen LogP contribution is -2.42. The third-order valence-electron chi connectivity index (χ3n) is 3.58. The molecule has 1 aliphatic heterocycles. The molecular formula is C15H15N2O5-. The molecule has 0 N–H and O–H groups in total. The van der Waals surface area contributed by atoms with Crippen LogP contribution in [0.5, 0.6) is 0 Å². The smallest absolute Gasteiger partial charge is 0.334 e. The summed E-state index contributed by atoms with van der Waals surface area (Å²) in [5.74, 6) is -3.76.